The molecule has 1 aromatic heterocycles. The number of anilines is 1. The van der Waals surface area contributed by atoms with E-state index in [4.69, 9.17) is 16.7 Å². The number of nitrogens with one attached hydrogen (secondary N) is 1. The maximum Gasteiger partial charge on any atom is 0.339 e. The molecule has 2 rings (SSSR count). The highest BCUT2D eigenvalue weighted by Gasteiger charge is 2.12. The largest absolute Gasteiger partial charge is 0.478 e. The Labute approximate surface area is 113 Å². The van der Waals surface area contributed by atoms with E-state index < -0.39 is 11.8 Å². The quantitative estimate of drug-likeness (QED) is 0.903. The molecule has 0 aliphatic heterocycles. The Morgan fingerprint density at radius 3 is 2.68 bits per heavy atom. The monoisotopic (exact) mass is 280 g/mol. The van der Waals surface area contributed by atoms with Crippen LogP contribution in [-0.2, 0) is 6.54 Å². The molecule has 0 radical (unpaired) electrons. The standard InChI is InChI=1S/C13H10ClFN2O2/c14-9-3-1-8(2-4-9)6-16-12-11(13(18)19)5-10(15)7-17-12/h1-5,7H,6H2,(H,16,17)(H,18,19). The van der Waals surface area contributed by atoms with Crippen molar-refractivity contribution < 1.29 is 14.3 Å². The Morgan fingerprint density at radius 2 is 2.05 bits per heavy atom. The molecular weight excluding hydrogens is 271 g/mol. The minimum atomic E-state index is -1.23. The lowest BCUT2D eigenvalue weighted by Crippen LogP contribution is -2.08. The molecule has 2 N–H and O–H groups in total. The molecule has 0 amide bonds. The van der Waals surface area contributed by atoms with Gasteiger partial charge in [0.25, 0.3) is 0 Å². The van der Waals surface area contributed by atoms with Gasteiger partial charge in [0.05, 0.1) is 6.20 Å². The van der Waals surface area contributed by atoms with Crippen molar-refractivity contribution in [2.45, 2.75) is 6.54 Å². The molecule has 0 unspecified atom stereocenters. The number of carboxylic acids is 1. The Balaban J connectivity index is 2.15. The van der Waals surface area contributed by atoms with E-state index in [-0.39, 0.29) is 11.4 Å². The molecule has 0 fully saturated rings. The summed E-state index contributed by atoms with van der Waals surface area (Å²) in [5, 5.41) is 12.4. The van der Waals surface area contributed by atoms with Crippen LogP contribution in [-0.4, -0.2) is 16.1 Å². The number of pyridine rings is 1. The van der Waals surface area contributed by atoms with Crippen LogP contribution < -0.4 is 5.32 Å². The van der Waals surface area contributed by atoms with E-state index in [1.165, 1.54) is 0 Å². The van der Waals surface area contributed by atoms with Gasteiger partial charge in [-0.3, -0.25) is 0 Å². The van der Waals surface area contributed by atoms with Gasteiger partial charge in [-0.05, 0) is 23.8 Å². The van der Waals surface area contributed by atoms with Crippen molar-refractivity contribution in [1.82, 2.24) is 4.98 Å². The van der Waals surface area contributed by atoms with Crippen LogP contribution in [0.1, 0.15) is 15.9 Å². The third kappa shape index (κ3) is 3.42. The van der Waals surface area contributed by atoms with Crippen LogP contribution in [0.5, 0.6) is 0 Å². The second kappa shape index (κ2) is 5.67. The van der Waals surface area contributed by atoms with Gasteiger partial charge in [-0.2, -0.15) is 0 Å². The van der Waals surface area contributed by atoms with Gasteiger partial charge in [0.2, 0.25) is 0 Å². The lowest BCUT2D eigenvalue weighted by atomic mass is 10.2. The number of rotatable bonds is 4. The molecule has 19 heavy (non-hydrogen) atoms. The Morgan fingerprint density at radius 1 is 1.37 bits per heavy atom. The van der Waals surface area contributed by atoms with Crippen molar-refractivity contribution >= 4 is 23.4 Å². The zero-order chi connectivity index (χ0) is 13.8. The van der Waals surface area contributed by atoms with Gasteiger partial charge in [-0.15, -0.1) is 0 Å². The van der Waals surface area contributed by atoms with Crippen LogP contribution in [0.25, 0.3) is 0 Å². The SMILES string of the molecule is O=C(O)c1cc(F)cnc1NCc1ccc(Cl)cc1. The number of nitrogens with zero attached hydrogens (tertiary/aromatic N) is 1. The Kier molecular flexibility index (Phi) is 3.97. The third-order valence-corrected chi connectivity index (χ3v) is 2.71. The molecule has 0 spiro atoms. The molecule has 6 heteroatoms. The zero-order valence-electron chi connectivity index (χ0n) is 9.73. The highest BCUT2D eigenvalue weighted by Crippen LogP contribution is 2.16. The van der Waals surface area contributed by atoms with Crippen LogP contribution in [0, 0.1) is 5.82 Å². The number of hydrogen-bond donors (Lipinski definition) is 2. The number of carboxylic acid groups (broad SMARTS) is 1. The summed E-state index contributed by atoms with van der Waals surface area (Å²) in [4.78, 5) is 14.7. The topological polar surface area (TPSA) is 62.2 Å². The first-order valence-corrected chi connectivity index (χ1v) is 5.81. The lowest BCUT2D eigenvalue weighted by Gasteiger charge is -2.08. The van der Waals surface area contributed by atoms with E-state index in [0.29, 0.717) is 11.6 Å². The van der Waals surface area contributed by atoms with Gasteiger partial charge in [-0.1, -0.05) is 23.7 Å². The third-order valence-electron chi connectivity index (χ3n) is 2.46. The van der Waals surface area contributed by atoms with Crippen molar-refractivity contribution in [2.75, 3.05) is 5.32 Å². The molecule has 0 aliphatic rings. The molecular formula is C13H10ClFN2O2. The molecule has 1 aromatic carbocycles. The average molecular weight is 281 g/mol. The fourth-order valence-electron chi connectivity index (χ4n) is 1.53. The number of carbonyl (C=O) groups is 1. The summed E-state index contributed by atoms with van der Waals surface area (Å²) in [6.07, 6.45) is 0.969. The number of halogens is 2. The predicted octanol–water partition coefficient (Wildman–Crippen LogP) is 3.18. The van der Waals surface area contributed by atoms with Crippen LogP contribution in [0.4, 0.5) is 10.2 Å². The fraction of sp³-hybridized carbons (Fsp3) is 0.0769. The van der Waals surface area contributed by atoms with Crippen molar-refractivity contribution in [3.8, 4) is 0 Å². The number of benzene rings is 1. The summed E-state index contributed by atoms with van der Waals surface area (Å²) in [7, 11) is 0. The molecule has 0 atom stereocenters. The number of aromatic carboxylic acids is 1. The summed E-state index contributed by atoms with van der Waals surface area (Å²) in [5.41, 5.74) is 0.709. The van der Waals surface area contributed by atoms with E-state index in [1.54, 1.807) is 24.3 Å². The first-order chi connectivity index (χ1) is 9.06. The summed E-state index contributed by atoms with van der Waals surface area (Å²) in [6, 6.07) is 8.00. The van der Waals surface area contributed by atoms with Crippen LogP contribution in [0.2, 0.25) is 5.02 Å². The normalized spacial score (nSPS) is 10.2. The Bertz CT molecular complexity index is 602. The molecule has 1 heterocycles. The molecule has 4 nitrogen and oxygen atoms in total. The van der Waals surface area contributed by atoms with Gasteiger partial charge >= 0.3 is 5.97 Å². The van der Waals surface area contributed by atoms with E-state index in [0.717, 1.165) is 17.8 Å². The second-order valence-electron chi connectivity index (χ2n) is 3.83. The Hall–Kier alpha value is -2.14. The molecule has 0 bridgehead atoms. The van der Waals surface area contributed by atoms with Crippen molar-refractivity contribution in [3.05, 3.63) is 58.5 Å². The molecule has 98 valence electrons. The zero-order valence-corrected chi connectivity index (χ0v) is 10.5. The van der Waals surface area contributed by atoms with Crippen molar-refractivity contribution in [2.24, 2.45) is 0 Å². The second-order valence-corrected chi connectivity index (χ2v) is 4.27. The summed E-state index contributed by atoms with van der Waals surface area (Å²) in [6.45, 7) is 0.371. The molecule has 0 aliphatic carbocycles. The average Bonchev–Trinajstić information content (AvgIpc) is 2.39. The van der Waals surface area contributed by atoms with Crippen molar-refractivity contribution in [3.63, 3.8) is 0 Å². The van der Waals surface area contributed by atoms with Gasteiger partial charge in [0.15, 0.2) is 0 Å². The van der Waals surface area contributed by atoms with Crippen LogP contribution >= 0.6 is 11.6 Å². The van der Waals surface area contributed by atoms with Gasteiger partial charge in [-0.25, -0.2) is 14.2 Å². The maximum absolute atomic E-state index is 12.9. The predicted molar refractivity (Wildman–Crippen MR) is 69.9 cm³/mol. The molecule has 0 saturated heterocycles. The summed E-state index contributed by atoms with van der Waals surface area (Å²) < 4.78 is 12.9. The molecule has 2 aromatic rings. The first-order valence-electron chi connectivity index (χ1n) is 5.43. The van der Waals surface area contributed by atoms with E-state index in [2.05, 4.69) is 10.3 Å². The smallest absolute Gasteiger partial charge is 0.339 e. The maximum atomic E-state index is 12.9. The first kappa shape index (κ1) is 13.3. The minimum absolute atomic E-state index is 0.129. The van der Waals surface area contributed by atoms with Crippen LogP contribution in [0.15, 0.2) is 36.5 Å². The lowest BCUT2D eigenvalue weighted by molar-refractivity contribution is 0.0697. The summed E-state index contributed by atoms with van der Waals surface area (Å²) in [5.74, 6) is -1.79. The summed E-state index contributed by atoms with van der Waals surface area (Å²) >= 11 is 5.76. The van der Waals surface area contributed by atoms with Crippen molar-refractivity contribution in [1.29, 1.82) is 0 Å². The minimum Gasteiger partial charge on any atom is -0.478 e. The highest BCUT2D eigenvalue weighted by molar-refractivity contribution is 6.30. The fourth-order valence-corrected chi connectivity index (χ4v) is 1.66. The van der Waals surface area contributed by atoms with E-state index in [9.17, 15) is 9.18 Å². The van der Waals surface area contributed by atoms with Crippen LogP contribution in [0.3, 0.4) is 0 Å². The van der Waals surface area contributed by atoms with Gasteiger partial charge in [0, 0.05) is 11.6 Å². The number of aromatic nitrogens is 1. The molecule has 0 saturated carbocycles. The van der Waals surface area contributed by atoms with E-state index >= 15 is 0 Å². The highest BCUT2D eigenvalue weighted by atomic mass is 35.5. The number of hydrogen-bond acceptors (Lipinski definition) is 3. The van der Waals surface area contributed by atoms with E-state index in [1.807, 2.05) is 0 Å². The van der Waals surface area contributed by atoms with Gasteiger partial charge < -0.3 is 10.4 Å². The van der Waals surface area contributed by atoms with Gasteiger partial charge in [0.1, 0.15) is 17.2 Å².